The molecule has 0 fully saturated rings. The molecule has 6 nitrogen and oxygen atoms in total. The van der Waals surface area contributed by atoms with Gasteiger partial charge in [0.25, 0.3) is 0 Å². The maximum Gasteiger partial charge on any atom is 0.191 e. The van der Waals surface area contributed by atoms with Crippen LogP contribution in [0.25, 0.3) is 0 Å². The van der Waals surface area contributed by atoms with E-state index < -0.39 is 0 Å². The molecule has 0 atom stereocenters. The molecule has 0 saturated carbocycles. The maximum absolute atomic E-state index is 5.30. The molecule has 0 aliphatic rings. The summed E-state index contributed by atoms with van der Waals surface area (Å²) in [4.78, 5) is 4.53. The average molecular weight is 438 g/mol. The Morgan fingerprint density at radius 2 is 2.09 bits per heavy atom. The smallest absolute Gasteiger partial charge is 0.191 e. The summed E-state index contributed by atoms with van der Waals surface area (Å²) >= 11 is 0. The fourth-order valence-corrected chi connectivity index (χ4v) is 1.93. The molecule has 0 unspecified atom stereocenters. The third-order valence-electron chi connectivity index (χ3n) is 3.22. The van der Waals surface area contributed by atoms with E-state index in [1.807, 2.05) is 6.07 Å². The second-order valence-corrected chi connectivity index (χ2v) is 5.55. The van der Waals surface area contributed by atoms with Gasteiger partial charge in [-0.15, -0.1) is 24.0 Å². The Morgan fingerprint density at radius 1 is 1.30 bits per heavy atom. The number of aromatic nitrogens is 1. The quantitative estimate of drug-likeness (QED) is 0.254. The summed E-state index contributed by atoms with van der Waals surface area (Å²) in [6.45, 7) is 9.32. The largest absolute Gasteiger partial charge is 0.385 e. The van der Waals surface area contributed by atoms with E-state index in [-0.39, 0.29) is 24.0 Å². The summed E-state index contributed by atoms with van der Waals surface area (Å²) in [5.74, 6) is 1.98. The Bertz CT molecular complexity index is 435. The van der Waals surface area contributed by atoms with Gasteiger partial charge in [0, 0.05) is 32.9 Å². The highest BCUT2D eigenvalue weighted by Gasteiger charge is 2.07. The van der Waals surface area contributed by atoms with Crippen molar-refractivity contribution in [2.45, 2.75) is 52.5 Å². The minimum absolute atomic E-state index is 0. The van der Waals surface area contributed by atoms with Crippen LogP contribution in [0.5, 0.6) is 0 Å². The summed E-state index contributed by atoms with van der Waals surface area (Å²) in [7, 11) is 1.74. The molecular formula is C16H31IN4O2. The Morgan fingerprint density at radius 3 is 2.70 bits per heavy atom. The lowest BCUT2D eigenvalue weighted by molar-refractivity contribution is 0.192. The molecule has 23 heavy (non-hydrogen) atoms. The van der Waals surface area contributed by atoms with Gasteiger partial charge in [0.05, 0.1) is 5.69 Å². The monoisotopic (exact) mass is 438 g/mol. The van der Waals surface area contributed by atoms with Gasteiger partial charge in [-0.3, -0.25) is 0 Å². The molecule has 1 aromatic rings. The fraction of sp³-hybridized carbons (Fsp3) is 0.750. The predicted octanol–water partition coefficient (Wildman–Crippen LogP) is 3.29. The average Bonchev–Trinajstić information content (AvgIpc) is 2.97. The van der Waals surface area contributed by atoms with Crippen LogP contribution >= 0.6 is 24.0 Å². The molecule has 0 radical (unpaired) electrons. The van der Waals surface area contributed by atoms with E-state index in [9.17, 15) is 0 Å². The van der Waals surface area contributed by atoms with Crippen molar-refractivity contribution in [2.75, 3.05) is 26.8 Å². The number of ether oxygens (including phenoxy) is 1. The molecule has 134 valence electrons. The van der Waals surface area contributed by atoms with Crippen LogP contribution in [0.2, 0.25) is 0 Å². The van der Waals surface area contributed by atoms with Gasteiger partial charge < -0.3 is 19.9 Å². The molecule has 2 N–H and O–H groups in total. The normalized spacial score (nSPS) is 11.4. The summed E-state index contributed by atoms with van der Waals surface area (Å²) < 4.78 is 10.3. The molecular weight excluding hydrogens is 407 g/mol. The van der Waals surface area contributed by atoms with E-state index in [1.54, 1.807) is 7.11 Å². The third kappa shape index (κ3) is 9.80. The number of guanidine groups is 1. The van der Waals surface area contributed by atoms with Crippen molar-refractivity contribution in [3.8, 4) is 0 Å². The van der Waals surface area contributed by atoms with Gasteiger partial charge in [-0.1, -0.05) is 19.0 Å². The topological polar surface area (TPSA) is 71.7 Å². The van der Waals surface area contributed by atoms with Gasteiger partial charge in [0.15, 0.2) is 11.7 Å². The van der Waals surface area contributed by atoms with Gasteiger partial charge in [0.1, 0.15) is 6.54 Å². The zero-order chi connectivity index (χ0) is 16.2. The first-order chi connectivity index (χ1) is 10.7. The molecule has 0 amide bonds. The summed E-state index contributed by atoms with van der Waals surface area (Å²) in [6, 6.07) is 1.97. The van der Waals surface area contributed by atoms with Gasteiger partial charge in [-0.25, -0.2) is 4.99 Å². The lowest BCUT2D eigenvalue weighted by Gasteiger charge is -2.10. The van der Waals surface area contributed by atoms with E-state index in [0.29, 0.717) is 12.5 Å². The molecule has 1 aromatic heterocycles. The molecule has 1 rings (SSSR count). The Kier molecular flexibility index (Phi) is 13.1. The molecule has 1 heterocycles. The van der Waals surface area contributed by atoms with E-state index in [1.165, 1.54) is 0 Å². The first-order valence-corrected chi connectivity index (χ1v) is 8.14. The van der Waals surface area contributed by atoms with Crippen molar-refractivity contribution in [1.82, 2.24) is 15.8 Å². The maximum atomic E-state index is 5.30. The summed E-state index contributed by atoms with van der Waals surface area (Å²) in [6.07, 6.45) is 3.36. The molecule has 0 aliphatic heterocycles. The number of hydrogen-bond donors (Lipinski definition) is 2. The van der Waals surface area contributed by atoms with Crippen molar-refractivity contribution in [2.24, 2.45) is 4.99 Å². The van der Waals surface area contributed by atoms with Crippen LogP contribution in [0, 0.1) is 0 Å². The van der Waals surface area contributed by atoms with E-state index in [4.69, 9.17) is 9.26 Å². The minimum atomic E-state index is 0. The first-order valence-electron chi connectivity index (χ1n) is 8.14. The summed E-state index contributed by atoms with van der Waals surface area (Å²) in [5, 5.41) is 10.6. The molecule has 0 saturated heterocycles. The summed E-state index contributed by atoms with van der Waals surface area (Å²) in [5.41, 5.74) is 0.973. The Labute approximate surface area is 156 Å². The highest BCUT2D eigenvalue weighted by molar-refractivity contribution is 14.0. The third-order valence-corrected chi connectivity index (χ3v) is 3.22. The molecule has 7 heteroatoms. The second-order valence-electron chi connectivity index (χ2n) is 5.55. The minimum Gasteiger partial charge on any atom is -0.385 e. The van der Waals surface area contributed by atoms with Crippen molar-refractivity contribution in [3.05, 3.63) is 17.5 Å². The predicted molar refractivity (Wildman–Crippen MR) is 105 cm³/mol. The lowest BCUT2D eigenvalue weighted by Crippen LogP contribution is -2.37. The number of unbranched alkanes of at least 4 members (excludes halogenated alkanes) is 2. The number of rotatable bonds is 10. The number of nitrogens with one attached hydrogen (secondary N) is 2. The van der Waals surface area contributed by atoms with Crippen molar-refractivity contribution >= 4 is 29.9 Å². The van der Waals surface area contributed by atoms with E-state index >= 15 is 0 Å². The standard InChI is InChI=1S/C16H30N4O2.HI/c1-5-17-16(18-9-7-6-8-10-21-4)19-12-14-11-15(13(2)3)20-22-14;/h11,13H,5-10,12H2,1-4H3,(H2,17,18,19);1H. The van der Waals surface area contributed by atoms with Crippen molar-refractivity contribution < 1.29 is 9.26 Å². The van der Waals surface area contributed by atoms with Crippen LogP contribution < -0.4 is 10.6 Å². The van der Waals surface area contributed by atoms with Crippen molar-refractivity contribution in [3.63, 3.8) is 0 Å². The number of aliphatic imine (C=N–C) groups is 1. The molecule has 0 bridgehead atoms. The number of halogens is 1. The van der Waals surface area contributed by atoms with Gasteiger partial charge in [-0.2, -0.15) is 0 Å². The number of methoxy groups -OCH3 is 1. The van der Waals surface area contributed by atoms with Crippen LogP contribution in [0.4, 0.5) is 0 Å². The first kappa shape index (κ1) is 22.2. The van der Waals surface area contributed by atoms with E-state index in [0.717, 1.165) is 56.4 Å². The highest BCUT2D eigenvalue weighted by atomic mass is 127. The molecule has 0 aliphatic carbocycles. The number of nitrogens with zero attached hydrogens (tertiary/aromatic N) is 2. The number of hydrogen-bond acceptors (Lipinski definition) is 4. The van der Waals surface area contributed by atoms with Gasteiger partial charge >= 0.3 is 0 Å². The van der Waals surface area contributed by atoms with Crippen LogP contribution in [0.3, 0.4) is 0 Å². The van der Waals surface area contributed by atoms with Crippen LogP contribution in [0.1, 0.15) is 57.4 Å². The van der Waals surface area contributed by atoms with Crippen molar-refractivity contribution in [1.29, 1.82) is 0 Å². The zero-order valence-corrected chi connectivity index (χ0v) is 17.1. The second kappa shape index (κ2) is 13.6. The Balaban J connectivity index is 0.00000484. The lowest BCUT2D eigenvalue weighted by atomic mass is 10.1. The Hall–Kier alpha value is -0.830. The van der Waals surface area contributed by atoms with Gasteiger partial charge in [0.2, 0.25) is 0 Å². The SMILES string of the molecule is CCNC(=NCc1cc(C(C)C)no1)NCCCCCOC.I. The zero-order valence-electron chi connectivity index (χ0n) is 14.7. The highest BCUT2D eigenvalue weighted by Crippen LogP contribution is 2.14. The molecule has 0 aromatic carbocycles. The molecule has 0 spiro atoms. The van der Waals surface area contributed by atoms with Crippen LogP contribution in [-0.4, -0.2) is 37.9 Å². The van der Waals surface area contributed by atoms with Crippen LogP contribution in [-0.2, 0) is 11.3 Å². The van der Waals surface area contributed by atoms with Crippen LogP contribution in [0.15, 0.2) is 15.6 Å². The fourth-order valence-electron chi connectivity index (χ4n) is 1.93. The van der Waals surface area contributed by atoms with Gasteiger partial charge in [-0.05, 0) is 32.1 Å². The van der Waals surface area contributed by atoms with E-state index in [2.05, 4.69) is 41.6 Å².